The van der Waals surface area contributed by atoms with E-state index in [-0.39, 0.29) is 12.5 Å². The van der Waals surface area contributed by atoms with E-state index in [9.17, 15) is 4.79 Å². The minimum atomic E-state index is -0.254. The maximum Gasteiger partial charge on any atom is 0.264 e. The number of methoxy groups -OCH3 is 1. The van der Waals surface area contributed by atoms with Crippen molar-refractivity contribution in [2.24, 2.45) is 0 Å². The Bertz CT molecular complexity index is 1110. The van der Waals surface area contributed by atoms with Crippen molar-refractivity contribution in [2.75, 3.05) is 19.0 Å². The highest BCUT2D eigenvalue weighted by molar-refractivity contribution is 7.14. The molecule has 0 bridgehead atoms. The second-order valence-corrected chi connectivity index (χ2v) is 6.97. The highest BCUT2D eigenvalue weighted by Crippen LogP contribution is 2.27. The zero-order chi connectivity index (χ0) is 19.3. The van der Waals surface area contributed by atoms with E-state index in [2.05, 4.69) is 34.6 Å². The van der Waals surface area contributed by atoms with Gasteiger partial charge in [0.15, 0.2) is 11.7 Å². The zero-order valence-electron chi connectivity index (χ0n) is 15.2. The van der Waals surface area contributed by atoms with Crippen LogP contribution in [-0.2, 0) is 4.79 Å². The van der Waals surface area contributed by atoms with E-state index >= 15 is 0 Å². The number of thiazole rings is 1. The van der Waals surface area contributed by atoms with Gasteiger partial charge in [-0.1, -0.05) is 36.4 Å². The van der Waals surface area contributed by atoms with Crippen molar-refractivity contribution in [3.63, 3.8) is 0 Å². The number of amides is 1. The quantitative estimate of drug-likeness (QED) is 0.504. The lowest BCUT2D eigenvalue weighted by atomic mass is 10.1. The minimum absolute atomic E-state index is 0.0861. The first-order valence-corrected chi connectivity index (χ1v) is 9.60. The molecule has 0 fully saturated rings. The summed E-state index contributed by atoms with van der Waals surface area (Å²) in [5, 5.41) is 7.61. The maximum absolute atomic E-state index is 12.1. The van der Waals surface area contributed by atoms with Crippen LogP contribution >= 0.6 is 11.3 Å². The third kappa shape index (κ3) is 4.13. The summed E-state index contributed by atoms with van der Waals surface area (Å²) in [6.45, 7) is -0.0861. The Hall–Kier alpha value is -3.38. The molecule has 0 saturated carbocycles. The molecule has 0 spiro atoms. The Morgan fingerprint density at radius 2 is 1.75 bits per heavy atom. The van der Waals surface area contributed by atoms with Crippen molar-refractivity contribution in [2.45, 2.75) is 0 Å². The van der Waals surface area contributed by atoms with Crippen LogP contribution in [0.3, 0.4) is 0 Å². The van der Waals surface area contributed by atoms with Crippen LogP contribution in [0.1, 0.15) is 0 Å². The summed E-state index contributed by atoms with van der Waals surface area (Å²) < 4.78 is 10.6. The molecule has 3 aromatic carbocycles. The van der Waals surface area contributed by atoms with Crippen molar-refractivity contribution in [1.29, 1.82) is 0 Å². The van der Waals surface area contributed by atoms with Gasteiger partial charge in [-0.3, -0.25) is 10.1 Å². The fourth-order valence-electron chi connectivity index (χ4n) is 2.79. The van der Waals surface area contributed by atoms with Gasteiger partial charge in [-0.2, -0.15) is 0 Å². The second-order valence-electron chi connectivity index (χ2n) is 6.11. The second kappa shape index (κ2) is 8.10. The molecule has 4 aromatic rings. The predicted molar refractivity (Wildman–Crippen MR) is 112 cm³/mol. The fraction of sp³-hybridized carbons (Fsp3) is 0.0909. The number of carbonyl (C=O) groups excluding carboxylic acids is 1. The molecule has 0 unspecified atom stereocenters. The Morgan fingerprint density at radius 1 is 1.00 bits per heavy atom. The molecule has 1 heterocycles. The van der Waals surface area contributed by atoms with Crippen LogP contribution in [0.5, 0.6) is 11.5 Å². The SMILES string of the molecule is COc1ccc(OCC(=O)Nc2nc(-c3ccc4ccccc4c3)cs2)cc1. The van der Waals surface area contributed by atoms with Gasteiger partial charge in [0.25, 0.3) is 5.91 Å². The lowest BCUT2D eigenvalue weighted by Crippen LogP contribution is -2.20. The van der Waals surface area contributed by atoms with Gasteiger partial charge in [0.05, 0.1) is 12.8 Å². The maximum atomic E-state index is 12.1. The van der Waals surface area contributed by atoms with Crippen LogP contribution in [0.2, 0.25) is 0 Å². The number of hydrogen-bond donors (Lipinski definition) is 1. The highest BCUT2D eigenvalue weighted by atomic mass is 32.1. The van der Waals surface area contributed by atoms with E-state index in [4.69, 9.17) is 9.47 Å². The number of nitrogens with one attached hydrogen (secondary N) is 1. The minimum Gasteiger partial charge on any atom is -0.497 e. The van der Waals surface area contributed by atoms with E-state index in [0.29, 0.717) is 10.9 Å². The first-order chi connectivity index (χ1) is 13.7. The number of rotatable bonds is 6. The lowest BCUT2D eigenvalue weighted by Gasteiger charge is -2.06. The molecule has 6 heteroatoms. The monoisotopic (exact) mass is 390 g/mol. The number of hydrogen-bond acceptors (Lipinski definition) is 5. The Balaban J connectivity index is 1.38. The van der Waals surface area contributed by atoms with Crippen molar-refractivity contribution in [1.82, 2.24) is 4.98 Å². The first kappa shape index (κ1) is 18.0. The Labute approximate surface area is 166 Å². The van der Waals surface area contributed by atoms with Crippen LogP contribution in [-0.4, -0.2) is 24.6 Å². The Morgan fingerprint density at radius 3 is 2.54 bits per heavy atom. The van der Waals surface area contributed by atoms with Crippen molar-refractivity contribution >= 4 is 33.1 Å². The molecule has 140 valence electrons. The van der Waals surface area contributed by atoms with Gasteiger partial charge in [-0.05, 0) is 41.1 Å². The molecule has 0 radical (unpaired) electrons. The summed E-state index contributed by atoms with van der Waals surface area (Å²) in [6, 6.07) is 21.5. The van der Waals surface area contributed by atoms with E-state index in [1.807, 2.05) is 23.6 Å². The van der Waals surface area contributed by atoms with E-state index < -0.39 is 0 Å². The standard InChI is InChI=1S/C22H18N2O3S/c1-26-18-8-10-19(11-9-18)27-13-21(25)24-22-23-20(14-28-22)17-7-6-15-4-2-3-5-16(15)12-17/h2-12,14H,13H2,1H3,(H,23,24,25). The first-order valence-electron chi connectivity index (χ1n) is 8.73. The molecule has 1 N–H and O–H groups in total. The van der Waals surface area contributed by atoms with Gasteiger partial charge in [0, 0.05) is 10.9 Å². The van der Waals surface area contributed by atoms with Crippen molar-refractivity contribution in [3.8, 4) is 22.8 Å². The molecule has 1 amide bonds. The molecular formula is C22H18N2O3S. The largest absolute Gasteiger partial charge is 0.497 e. The average Bonchev–Trinajstić information content (AvgIpc) is 3.20. The number of fused-ring (bicyclic) bond motifs is 1. The summed E-state index contributed by atoms with van der Waals surface area (Å²) in [4.78, 5) is 16.7. The number of aromatic nitrogens is 1. The summed E-state index contributed by atoms with van der Waals surface area (Å²) >= 11 is 1.39. The third-order valence-electron chi connectivity index (χ3n) is 4.23. The number of anilines is 1. The van der Waals surface area contributed by atoms with Gasteiger partial charge >= 0.3 is 0 Å². The topological polar surface area (TPSA) is 60.5 Å². The predicted octanol–water partition coefficient (Wildman–Crippen LogP) is 4.99. The van der Waals surface area contributed by atoms with Crippen molar-refractivity contribution in [3.05, 3.63) is 72.1 Å². The van der Waals surface area contributed by atoms with Gasteiger partial charge in [-0.15, -0.1) is 11.3 Å². The lowest BCUT2D eigenvalue weighted by molar-refractivity contribution is -0.118. The fourth-order valence-corrected chi connectivity index (χ4v) is 3.52. The van der Waals surface area contributed by atoms with Crippen LogP contribution in [0.15, 0.2) is 72.1 Å². The third-order valence-corrected chi connectivity index (χ3v) is 4.98. The molecule has 0 aliphatic rings. The summed E-state index contributed by atoms with van der Waals surface area (Å²) in [7, 11) is 1.60. The van der Waals surface area contributed by atoms with Crippen LogP contribution < -0.4 is 14.8 Å². The van der Waals surface area contributed by atoms with Crippen LogP contribution in [0.25, 0.3) is 22.0 Å². The summed E-state index contributed by atoms with van der Waals surface area (Å²) in [6.07, 6.45) is 0. The average molecular weight is 390 g/mol. The number of carbonyl (C=O) groups is 1. The molecule has 0 aliphatic carbocycles. The van der Waals surface area contributed by atoms with Gasteiger partial charge in [0.2, 0.25) is 0 Å². The number of benzene rings is 3. The smallest absolute Gasteiger partial charge is 0.264 e. The van der Waals surface area contributed by atoms with E-state index in [1.54, 1.807) is 31.4 Å². The van der Waals surface area contributed by atoms with Crippen LogP contribution in [0.4, 0.5) is 5.13 Å². The molecule has 0 aliphatic heterocycles. The summed E-state index contributed by atoms with van der Waals surface area (Å²) in [5.41, 5.74) is 1.85. The van der Waals surface area contributed by atoms with Gasteiger partial charge in [0.1, 0.15) is 11.5 Å². The summed E-state index contributed by atoms with van der Waals surface area (Å²) in [5.74, 6) is 1.09. The van der Waals surface area contributed by atoms with Crippen LogP contribution in [0, 0.1) is 0 Å². The molecule has 0 saturated heterocycles. The highest BCUT2D eigenvalue weighted by Gasteiger charge is 2.09. The van der Waals surface area contributed by atoms with Crippen molar-refractivity contribution < 1.29 is 14.3 Å². The molecule has 0 atom stereocenters. The van der Waals surface area contributed by atoms with Gasteiger partial charge in [-0.25, -0.2) is 4.98 Å². The van der Waals surface area contributed by atoms with E-state index in [1.165, 1.54) is 16.7 Å². The Kier molecular flexibility index (Phi) is 5.21. The number of ether oxygens (including phenoxy) is 2. The van der Waals surface area contributed by atoms with Gasteiger partial charge < -0.3 is 9.47 Å². The van der Waals surface area contributed by atoms with E-state index in [0.717, 1.165) is 22.4 Å². The normalized spacial score (nSPS) is 10.6. The molecule has 28 heavy (non-hydrogen) atoms. The molecule has 5 nitrogen and oxygen atoms in total. The number of nitrogens with zero attached hydrogens (tertiary/aromatic N) is 1. The molecular weight excluding hydrogens is 372 g/mol. The molecule has 1 aromatic heterocycles. The molecule has 4 rings (SSSR count). The zero-order valence-corrected chi connectivity index (χ0v) is 16.0.